The number of hydrogen-bond donors (Lipinski definition) is 1. The van der Waals surface area contributed by atoms with Gasteiger partial charge in [-0.2, -0.15) is 0 Å². The van der Waals surface area contributed by atoms with Crippen LogP contribution in [0.4, 0.5) is 0 Å². The van der Waals surface area contributed by atoms with Gasteiger partial charge in [0.1, 0.15) is 0 Å². The zero-order valence-electron chi connectivity index (χ0n) is 12.6. The van der Waals surface area contributed by atoms with Gasteiger partial charge in [-0.3, -0.25) is 4.79 Å². The average molecular weight is 292 g/mol. The monoisotopic (exact) mass is 292 g/mol. The summed E-state index contributed by atoms with van der Waals surface area (Å²) in [4.78, 5) is 14.3. The van der Waals surface area contributed by atoms with Crippen molar-refractivity contribution >= 4 is 5.91 Å². The average Bonchev–Trinajstić information content (AvgIpc) is 2.54. The van der Waals surface area contributed by atoms with Crippen LogP contribution in [-0.4, -0.2) is 50.8 Å². The zero-order chi connectivity index (χ0) is 15.1. The van der Waals surface area contributed by atoms with Crippen LogP contribution < -0.4 is 5.73 Å². The highest BCUT2D eigenvalue weighted by atomic mass is 16.5. The Morgan fingerprint density at radius 2 is 1.90 bits per heavy atom. The molecular weight excluding hydrogens is 268 g/mol. The van der Waals surface area contributed by atoms with Crippen molar-refractivity contribution in [3.05, 3.63) is 35.4 Å². The van der Waals surface area contributed by atoms with Crippen molar-refractivity contribution in [2.75, 3.05) is 40.0 Å². The first kappa shape index (κ1) is 15.9. The third kappa shape index (κ3) is 4.52. The van der Waals surface area contributed by atoms with Gasteiger partial charge in [-0.25, -0.2) is 0 Å². The molecule has 21 heavy (non-hydrogen) atoms. The third-order valence-corrected chi connectivity index (χ3v) is 3.77. The zero-order valence-corrected chi connectivity index (χ0v) is 12.6. The minimum Gasteiger partial charge on any atom is -0.380 e. The number of benzene rings is 1. The Bertz CT molecular complexity index is 441. The summed E-state index contributed by atoms with van der Waals surface area (Å²) >= 11 is 0. The molecule has 0 spiro atoms. The Labute approximate surface area is 126 Å². The van der Waals surface area contributed by atoms with Crippen molar-refractivity contribution in [3.63, 3.8) is 0 Å². The predicted octanol–water partition coefficient (Wildman–Crippen LogP) is 0.809. The molecule has 5 nitrogen and oxygen atoms in total. The fourth-order valence-electron chi connectivity index (χ4n) is 2.54. The van der Waals surface area contributed by atoms with E-state index in [-0.39, 0.29) is 11.8 Å². The Hall–Kier alpha value is -1.43. The Morgan fingerprint density at radius 3 is 2.48 bits per heavy atom. The van der Waals surface area contributed by atoms with E-state index in [0.29, 0.717) is 45.9 Å². The Kier molecular flexibility index (Phi) is 6.17. The van der Waals surface area contributed by atoms with Gasteiger partial charge in [-0.1, -0.05) is 24.3 Å². The van der Waals surface area contributed by atoms with Crippen LogP contribution in [-0.2, 0) is 27.3 Å². The smallest absolute Gasteiger partial charge is 0.227 e. The highest BCUT2D eigenvalue weighted by molar-refractivity contribution is 5.79. The van der Waals surface area contributed by atoms with E-state index in [0.717, 1.165) is 11.1 Å². The van der Waals surface area contributed by atoms with Gasteiger partial charge in [0.15, 0.2) is 0 Å². The second-order valence-corrected chi connectivity index (χ2v) is 5.32. The van der Waals surface area contributed by atoms with E-state index < -0.39 is 0 Å². The first-order chi connectivity index (χ1) is 10.2. The third-order valence-electron chi connectivity index (χ3n) is 3.77. The number of carbonyl (C=O) groups excluding carboxylic acids is 1. The van der Waals surface area contributed by atoms with E-state index in [9.17, 15) is 4.79 Å². The van der Waals surface area contributed by atoms with Gasteiger partial charge in [-0.05, 0) is 17.5 Å². The standard InChI is InChI=1S/C16H24N2O3/c1-20-12-14-4-2-13(3-5-14)10-15(11-17)16(19)18-6-8-21-9-7-18/h2-5,15H,6-12,17H2,1H3. The highest BCUT2D eigenvalue weighted by Gasteiger charge is 2.24. The number of rotatable bonds is 6. The van der Waals surface area contributed by atoms with Crippen molar-refractivity contribution in [1.29, 1.82) is 0 Å². The van der Waals surface area contributed by atoms with E-state index in [1.807, 2.05) is 29.2 Å². The number of morpholine rings is 1. The quantitative estimate of drug-likeness (QED) is 0.842. The lowest BCUT2D eigenvalue weighted by atomic mass is 9.97. The molecule has 1 fully saturated rings. The molecule has 1 heterocycles. The fourth-order valence-corrected chi connectivity index (χ4v) is 2.54. The second-order valence-electron chi connectivity index (χ2n) is 5.32. The molecule has 2 rings (SSSR count). The summed E-state index contributed by atoms with van der Waals surface area (Å²) in [6.45, 7) is 3.55. The van der Waals surface area contributed by atoms with Crippen LogP contribution in [0.3, 0.4) is 0 Å². The minimum atomic E-state index is -0.156. The summed E-state index contributed by atoms with van der Waals surface area (Å²) in [6, 6.07) is 8.16. The van der Waals surface area contributed by atoms with Gasteiger partial charge in [0, 0.05) is 26.7 Å². The van der Waals surface area contributed by atoms with Crippen molar-refractivity contribution in [3.8, 4) is 0 Å². The molecule has 5 heteroatoms. The van der Waals surface area contributed by atoms with E-state index >= 15 is 0 Å². The van der Waals surface area contributed by atoms with Gasteiger partial charge < -0.3 is 20.1 Å². The molecule has 1 atom stereocenters. The summed E-state index contributed by atoms with van der Waals surface area (Å²) in [6.07, 6.45) is 0.681. The molecule has 116 valence electrons. The van der Waals surface area contributed by atoms with E-state index in [1.54, 1.807) is 7.11 Å². The summed E-state index contributed by atoms with van der Waals surface area (Å²) in [7, 11) is 1.68. The molecule has 1 aromatic rings. The number of nitrogens with two attached hydrogens (primary N) is 1. The molecule has 0 aromatic heterocycles. The normalized spacial score (nSPS) is 16.8. The Morgan fingerprint density at radius 1 is 1.29 bits per heavy atom. The van der Waals surface area contributed by atoms with Gasteiger partial charge >= 0.3 is 0 Å². The lowest BCUT2D eigenvalue weighted by Gasteiger charge is -2.30. The maximum absolute atomic E-state index is 12.5. The topological polar surface area (TPSA) is 64.8 Å². The molecule has 0 bridgehead atoms. The first-order valence-corrected chi connectivity index (χ1v) is 7.38. The van der Waals surface area contributed by atoms with Crippen LogP contribution >= 0.6 is 0 Å². The van der Waals surface area contributed by atoms with Crippen molar-refractivity contribution in [2.45, 2.75) is 13.0 Å². The molecule has 1 amide bonds. The lowest BCUT2D eigenvalue weighted by Crippen LogP contribution is -2.45. The molecule has 2 N–H and O–H groups in total. The number of hydrogen-bond acceptors (Lipinski definition) is 4. The summed E-state index contributed by atoms with van der Waals surface area (Å²) in [5, 5.41) is 0. The maximum atomic E-state index is 12.5. The van der Waals surface area contributed by atoms with Crippen LogP contribution in [0.15, 0.2) is 24.3 Å². The highest BCUT2D eigenvalue weighted by Crippen LogP contribution is 2.14. The number of nitrogens with zero attached hydrogens (tertiary/aromatic N) is 1. The molecule has 1 saturated heterocycles. The first-order valence-electron chi connectivity index (χ1n) is 7.38. The maximum Gasteiger partial charge on any atom is 0.227 e. The molecular formula is C16H24N2O3. The van der Waals surface area contributed by atoms with Crippen LogP contribution in [0.5, 0.6) is 0 Å². The predicted molar refractivity (Wildman–Crippen MR) is 80.8 cm³/mol. The van der Waals surface area contributed by atoms with E-state index in [1.165, 1.54) is 0 Å². The summed E-state index contributed by atoms with van der Waals surface area (Å²) in [5.41, 5.74) is 8.07. The van der Waals surface area contributed by atoms with Gasteiger partial charge in [0.2, 0.25) is 5.91 Å². The van der Waals surface area contributed by atoms with Crippen LogP contribution in [0.25, 0.3) is 0 Å². The summed E-state index contributed by atoms with van der Waals surface area (Å²) in [5.74, 6) is -0.0156. The minimum absolute atomic E-state index is 0.141. The van der Waals surface area contributed by atoms with Gasteiger partial charge in [0.05, 0.1) is 25.7 Å². The van der Waals surface area contributed by atoms with Crippen LogP contribution in [0.1, 0.15) is 11.1 Å². The molecule has 1 unspecified atom stereocenters. The molecule has 1 aliphatic heterocycles. The molecule has 1 aliphatic rings. The van der Waals surface area contributed by atoms with Crippen molar-refractivity contribution in [1.82, 2.24) is 4.90 Å². The number of methoxy groups -OCH3 is 1. The van der Waals surface area contributed by atoms with Gasteiger partial charge in [-0.15, -0.1) is 0 Å². The Balaban J connectivity index is 1.95. The molecule has 0 aliphatic carbocycles. The van der Waals surface area contributed by atoms with Crippen molar-refractivity contribution < 1.29 is 14.3 Å². The van der Waals surface area contributed by atoms with Gasteiger partial charge in [0.25, 0.3) is 0 Å². The van der Waals surface area contributed by atoms with E-state index in [4.69, 9.17) is 15.2 Å². The summed E-state index contributed by atoms with van der Waals surface area (Å²) < 4.78 is 10.4. The molecule has 1 aromatic carbocycles. The van der Waals surface area contributed by atoms with E-state index in [2.05, 4.69) is 0 Å². The fraction of sp³-hybridized carbons (Fsp3) is 0.562. The number of ether oxygens (including phenoxy) is 2. The molecule has 0 saturated carbocycles. The SMILES string of the molecule is COCc1ccc(CC(CN)C(=O)N2CCOCC2)cc1. The largest absolute Gasteiger partial charge is 0.380 e. The number of amides is 1. The van der Waals surface area contributed by atoms with Crippen molar-refractivity contribution in [2.24, 2.45) is 11.7 Å². The van der Waals surface area contributed by atoms with Crippen LogP contribution in [0.2, 0.25) is 0 Å². The van der Waals surface area contributed by atoms with Crippen LogP contribution in [0, 0.1) is 5.92 Å². The molecule has 0 radical (unpaired) electrons. The second kappa shape index (κ2) is 8.12. The number of carbonyl (C=O) groups is 1. The lowest BCUT2D eigenvalue weighted by molar-refractivity contribution is -0.139.